The van der Waals surface area contributed by atoms with E-state index in [1.807, 2.05) is 30.3 Å². The molecule has 7 nitrogen and oxygen atoms in total. The van der Waals surface area contributed by atoms with Gasteiger partial charge in [0.1, 0.15) is 5.82 Å². The molecule has 0 bridgehead atoms. The van der Waals surface area contributed by atoms with E-state index in [2.05, 4.69) is 30.2 Å². The molecule has 1 aliphatic heterocycles. The Morgan fingerprint density at radius 1 is 1.12 bits per heavy atom. The SMILES string of the molecule is O=S1CCN(c2cnc3c(NCc4ccccc4)nc(Cl)nc3n2)CC1. The van der Waals surface area contributed by atoms with E-state index in [1.165, 1.54) is 0 Å². The lowest BCUT2D eigenvalue weighted by molar-refractivity contribution is 0.672. The van der Waals surface area contributed by atoms with Crippen molar-refractivity contribution in [3.63, 3.8) is 0 Å². The van der Waals surface area contributed by atoms with Crippen molar-refractivity contribution >= 4 is 45.2 Å². The predicted molar refractivity (Wildman–Crippen MR) is 104 cm³/mol. The molecule has 0 atom stereocenters. The molecular formula is C17H17ClN6OS. The molecular weight excluding hydrogens is 372 g/mol. The molecule has 3 aromatic rings. The van der Waals surface area contributed by atoms with Crippen LogP contribution in [0, 0.1) is 0 Å². The second-order valence-corrected chi connectivity index (χ2v) is 7.95. The van der Waals surface area contributed by atoms with E-state index in [0.717, 1.165) is 11.4 Å². The normalized spacial score (nSPS) is 15.3. The van der Waals surface area contributed by atoms with Crippen LogP contribution in [0.5, 0.6) is 0 Å². The van der Waals surface area contributed by atoms with Crippen LogP contribution in [0.25, 0.3) is 11.2 Å². The van der Waals surface area contributed by atoms with Crippen molar-refractivity contribution in [1.82, 2.24) is 19.9 Å². The molecule has 1 saturated heterocycles. The average Bonchev–Trinajstić information content (AvgIpc) is 2.67. The van der Waals surface area contributed by atoms with E-state index >= 15 is 0 Å². The second-order valence-electron chi connectivity index (χ2n) is 5.92. The van der Waals surface area contributed by atoms with Crippen molar-refractivity contribution in [1.29, 1.82) is 0 Å². The molecule has 0 amide bonds. The summed E-state index contributed by atoms with van der Waals surface area (Å²) in [5.41, 5.74) is 2.15. The summed E-state index contributed by atoms with van der Waals surface area (Å²) in [6.45, 7) is 2.00. The Labute approximate surface area is 158 Å². The molecule has 1 fully saturated rings. The number of nitrogens with one attached hydrogen (secondary N) is 1. The second kappa shape index (κ2) is 7.51. The van der Waals surface area contributed by atoms with Gasteiger partial charge in [-0.1, -0.05) is 30.3 Å². The van der Waals surface area contributed by atoms with Crippen LogP contribution in [-0.2, 0) is 17.3 Å². The van der Waals surface area contributed by atoms with Gasteiger partial charge in [-0.2, -0.15) is 9.97 Å². The highest BCUT2D eigenvalue weighted by atomic mass is 35.5. The molecule has 0 unspecified atom stereocenters. The van der Waals surface area contributed by atoms with Crippen LogP contribution in [0.3, 0.4) is 0 Å². The van der Waals surface area contributed by atoms with Gasteiger partial charge in [-0.3, -0.25) is 4.21 Å². The van der Waals surface area contributed by atoms with Crippen LogP contribution in [0.4, 0.5) is 11.6 Å². The monoisotopic (exact) mass is 388 g/mol. The summed E-state index contributed by atoms with van der Waals surface area (Å²) in [5, 5.41) is 3.38. The van der Waals surface area contributed by atoms with E-state index < -0.39 is 10.8 Å². The minimum Gasteiger partial charge on any atom is -0.364 e. The summed E-state index contributed by atoms with van der Waals surface area (Å²) in [6.07, 6.45) is 1.71. The minimum absolute atomic E-state index is 0.124. The van der Waals surface area contributed by atoms with Gasteiger partial charge in [0, 0.05) is 41.9 Å². The van der Waals surface area contributed by atoms with Crippen LogP contribution < -0.4 is 10.2 Å². The van der Waals surface area contributed by atoms with Crippen LogP contribution in [0.1, 0.15) is 5.56 Å². The molecule has 3 heterocycles. The maximum atomic E-state index is 11.5. The van der Waals surface area contributed by atoms with E-state index in [0.29, 0.717) is 48.1 Å². The standard InChI is InChI=1S/C17H17ClN6OS/c18-17-22-15(20-10-12-4-2-1-3-5-12)14-16(23-17)21-13(11-19-14)24-6-8-26(25)9-7-24/h1-5,11H,6-10H2,(H,20,21,22,23). The first-order valence-corrected chi connectivity index (χ1v) is 10.1. The van der Waals surface area contributed by atoms with Crippen LogP contribution >= 0.6 is 11.6 Å². The number of anilines is 2. The van der Waals surface area contributed by atoms with Crippen molar-refractivity contribution in [2.45, 2.75) is 6.54 Å². The van der Waals surface area contributed by atoms with Gasteiger partial charge >= 0.3 is 0 Å². The van der Waals surface area contributed by atoms with E-state index in [4.69, 9.17) is 11.6 Å². The van der Waals surface area contributed by atoms with Gasteiger partial charge in [0.25, 0.3) is 0 Å². The summed E-state index contributed by atoms with van der Waals surface area (Å²) < 4.78 is 11.5. The van der Waals surface area contributed by atoms with Crippen molar-refractivity contribution < 1.29 is 4.21 Å². The molecule has 0 saturated carbocycles. The number of halogens is 1. The predicted octanol–water partition coefficient (Wildman–Crippen LogP) is 2.25. The molecule has 4 rings (SSSR count). The van der Waals surface area contributed by atoms with Gasteiger partial charge in [-0.25, -0.2) is 9.97 Å². The van der Waals surface area contributed by atoms with Crippen LogP contribution in [-0.4, -0.2) is 48.7 Å². The Hall–Kier alpha value is -2.32. The summed E-state index contributed by atoms with van der Waals surface area (Å²) in [5.74, 6) is 2.57. The topological polar surface area (TPSA) is 83.9 Å². The number of nitrogens with zero attached hydrogens (tertiary/aromatic N) is 5. The van der Waals surface area contributed by atoms with E-state index in [9.17, 15) is 4.21 Å². The summed E-state index contributed by atoms with van der Waals surface area (Å²) in [4.78, 5) is 19.6. The number of hydrogen-bond donors (Lipinski definition) is 1. The van der Waals surface area contributed by atoms with Crippen LogP contribution in [0.2, 0.25) is 5.28 Å². The lowest BCUT2D eigenvalue weighted by Gasteiger charge is -2.27. The lowest BCUT2D eigenvalue weighted by atomic mass is 10.2. The third kappa shape index (κ3) is 3.76. The Bertz CT molecular complexity index is 945. The lowest BCUT2D eigenvalue weighted by Crippen LogP contribution is -2.38. The van der Waals surface area contributed by atoms with E-state index in [1.54, 1.807) is 6.20 Å². The third-order valence-electron chi connectivity index (χ3n) is 4.17. The van der Waals surface area contributed by atoms with Gasteiger partial charge in [0.2, 0.25) is 5.28 Å². The zero-order valence-corrected chi connectivity index (χ0v) is 15.5. The molecule has 1 aromatic carbocycles. The molecule has 0 radical (unpaired) electrons. The Kier molecular flexibility index (Phi) is 4.94. The quantitative estimate of drug-likeness (QED) is 0.686. The summed E-state index contributed by atoms with van der Waals surface area (Å²) >= 11 is 6.08. The zero-order chi connectivity index (χ0) is 17.9. The fourth-order valence-corrected chi connectivity index (χ4v) is 4.01. The van der Waals surface area contributed by atoms with Gasteiger partial charge in [0.15, 0.2) is 17.0 Å². The number of aromatic nitrogens is 4. The number of fused-ring (bicyclic) bond motifs is 1. The number of hydrogen-bond acceptors (Lipinski definition) is 7. The maximum absolute atomic E-state index is 11.5. The molecule has 26 heavy (non-hydrogen) atoms. The fraction of sp³-hybridized carbons (Fsp3) is 0.294. The fourth-order valence-electron chi connectivity index (χ4n) is 2.80. The highest BCUT2D eigenvalue weighted by Gasteiger charge is 2.18. The first-order valence-electron chi connectivity index (χ1n) is 8.27. The van der Waals surface area contributed by atoms with Crippen molar-refractivity contribution in [2.75, 3.05) is 34.8 Å². The first-order chi connectivity index (χ1) is 12.7. The molecule has 1 N–H and O–H groups in total. The average molecular weight is 389 g/mol. The molecule has 2 aromatic heterocycles. The number of benzene rings is 1. The molecule has 134 valence electrons. The summed E-state index contributed by atoms with van der Waals surface area (Å²) in [7, 11) is -0.737. The molecule has 0 aliphatic carbocycles. The summed E-state index contributed by atoms with van der Waals surface area (Å²) in [6, 6.07) is 10.0. The minimum atomic E-state index is -0.737. The molecule has 1 aliphatic rings. The molecule has 9 heteroatoms. The van der Waals surface area contributed by atoms with Gasteiger partial charge < -0.3 is 10.2 Å². The van der Waals surface area contributed by atoms with E-state index in [-0.39, 0.29) is 5.28 Å². The largest absolute Gasteiger partial charge is 0.364 e. The van der Waals surface area contributed by atoms with Gasteiger partial charge in [-0.05, 0) is 17.2 Å². The highest BCUT2D eigenvalue weighted by molar-refractivity contribution is 7.85. The Morgan fingerprint density at radius 2 is 1.88 bits per heavy atom. The van der Waals surface area contributed by atoms with Crippen LogP contribution in [0.15, 0.2) is 36.5 Å². The van der Waals surface area contributed by atoms with Crippen molar-refractivity contribution in [3.8, 4) is 0 Å². The first kappa shape index (κ1) is 17.1. The Balaban J connectivity index is 1.61. The van der Waals surface area contributed by atoms with Crippen molar-refractivity contribution in [3.05, 3.63) is 47.4 Å². The smallest absolute Gasteiger partial charge is 0.226 e. The van der Waals surface area contributed by atoms with Crippen molar-refractivity contribution in [2.24, 2.45) is 0 Å². The highest BCUT2D eigenvalue weighted by Crippen LogP contribution is 2.22. The maximum Gasteiger partial charge on any atom is 0.226 e. The zero-order valence-electron chi connectivity index (χ0n) is 13.9. The van der Waals surface area contributed by atoms with Gasteiger partial charge in [0.05, 0.1) is 6.20 Å². The third-order valence-corrected chi connectivity index (χ3v) is 5.62. The van der Waals surface area contributed by atoms with Gasteiger partial charge in [-0.15, -0.1) is 0 Å². The molecule has 0 spiro atoms. The number of rotatable bonds is 4. The Morgan fingerprint density at radius 3 is 2.65 bits per heavy atom.